The third kappa shape index (κ3) is 5.42. The molecule has 2 rings (SSSR count). The average Bonchev–Trinajstić information content (AvgIpc) is 2.95. The third-order valence-electron chi connectivity index (χ3n) is 4.11. The molecule has 0 saturated heterocycles. The highest BCUT2D eigenvalue weighted by Crippen LogP contribution is 2.21. The Hall–Kier alpha value is -2.15. The summed E-state index contributed by atoms with van der Waals surface area (Å²) in [6, 6.07) is 5.28. The van der Waals surface area contributed by atoms with E-state index in [9.17, 15) is 9.90 Å². The molecule has 2 unspecified atom stereocenters. The molecule has 3 N–H and O–H groups in total. The van der Waals surface area contributed by atoms with Crippen molar-refractivity contribution < 1.29 is 9.90 Å². The number of nitrogens with zero attached hydrogens (tertiary/aromatic N) is 3. The van der Waals surface area contributed by atoms with Gasteiger partial charge in [0.15, 0.2) is 11.5 Å². The van der Waals surface area contributed by atoms with Crippen molar-refractivity contribution in [3.05, 3.63) is 30.2 Å². The largest absolute Gasteiger partial charge is 0.393 e. The third-order valence-corrected chi connectivity index (χ3v) is 4.11. The fourth-order valence-electron chi connectivity index (χ4n) is 3.05. The van der Waals surface area contributed by atoms with Crippen LogP contribution in [0.3, 0.4) is 0 Å². The molecule has 25 heavy (non-hydrogen) atoms. The second kappa shape index (κ2) is 8.29. The molecule has 7 heteroatoms. The molecule has 138 valence electrons. The predicted octanol–water partition coefficient (Wildman–Crippen LogP) is 2.67. The summed E-state index contributed by atoms with van der Waals surface area (Å²) in [5.41, 5.74) is 0.590. The lowest BCUT2D eigenvalue weighted by Gasteiger charge is -2.27. The van der Waals surface area contributed by atoms with Crippen LogP contribution in [-0.4, -0.2) is 38.4 Å². The zero-order valence-corrected chi connectivity index (χ0v) is 15.5. The van der Waals surface area contributed by atoms with Gasteiger partial charge < -0.3 is 15.7 Å². The molecule has 0 aliphatic rings. The average molecular weight is 347 g/mol. The number of fused-ring (bicyclic) bond motifs is 1. The van der Waals surface area contributed by atoms with Crippen molar-refractivity contribution in [3.63, 3.8) is 0 Å². The highest BCUT2D eigenvalue weighted by molar-refractivity contribution is 5.74. The lowest BCUT2D eigenvalue weighted by Crippen LogP contribution is -2.43. The van der Waals surface area contributed by atoms with Crippen LogP contribution in [-0.2, 0) is 0 Å². The maximum absolute atomic E-state index is 12.3. The van der Waals surface area contributed by atoms with Crippen molar-refractivity contribution >= 4 is 11.7 Å². The van der Waals surface area contributed by atoms with Crippen LogP contribution in [0, 0.1) is 5.41 Å². The minimum atomic E-state index is -0.393. The van der Waals surface area contributed by atoms with Gasteiger partial charge in [0.25, 0.3) is 0 Å². The maximum atomic E-state index is 12.3. The predicted molar refractivity (Wildman–Crippen MR) is 97.2 cm³/mol. The summed E-state index contributed by atoms with van der Waals surface area (Å²) in [4.78, 5) is 12.3. The molecule has 2 aromatic rings. The standard InChI is InChI=1S/C18H29N5O2/c1-5-8-14(16-22-21-15-9-6-7-10-23(15)16)20-17(25)19-12-18(3,4)11-13(2)24/h6-7,9-10,13-14,24H,5,8,11-12H2,1-4H3,(H2,19,20,25). The van der Waals surface area contributed by atoms with Crippen molar-refractivity contribution in [2.75, 3.05) is 6.54 Å². The first-order chi connectivity index (χ1) is 11.8. The van der Waals surface area contributed by atoms with E-state index in [0.717, 1.165) is 24.3 Å². The van der Waals surface area contributed by atoms with Crippen LogP contribution in [0.5, 0.6) is 0 Å². The van der Waals surface area contributed by atoms with E-state index in [4.69, 9.17) is 0 Å². The quantitative estimate of drug-likeness (QED) is 0.684. The van der Waals surface area contributed by atoms with Gasteiger partial charge in [0.1, 0.15) is 0 Å². The molecule has 2 aromatic heterocycles. The number of aromatic nitrogens is 3. The second-order valence-corrected chi connectivity index (χ2v) is 7.37. The van der Waals surface area contributed by atoms with Crippen LogP contribution in [0.25, 0.3) is 5.65 Å². The number of urea groups is 1. The van der Waals surface area contributed by atoms with Crippen LogP contribution in [0.1, 0.15) is 58.8 Å². The number of nitrogens with one attached hydrogen (secondary N) is 2. The van der Waals surface area contributed by atoms with Crippen LogP contribution in [0.2, 0.25) is 0 Å². The summed E-state index contributed by atoms with van der Waals surface area (Å²) < 4.78 is 1.90. The molecule has 7 nitrogen and oxygen atoms in total. The zero-order chi connectivity index (χ0) is 18.4. The minimum Gasteiger partial charge on any atom is -0.393 e. The molecule has 0 radical (unpaired) electrons. The fraction of sp³-hybridized carbons (Fsp3) is 0.611. The number of amides is 2. The van der Waals surface area contributed by atoms with Gasteiger partial charge in [-0.15, -0.1) is 10.2 Å². The lowest BCUT2D eigenvalue weighted by atomic mass is 9.87. The minimum absolute atomic E-state index is 0.173. The van der Waals surface area contributed by atoms with Gasteiger partial charge in [-0.1, -0.05) is 33.3 Å². The van der Waals surface area contributed by atoms with Crippen LogP contribution in [0.15, 0.2) is 24.4 Å². The lowest BCUT2D eigenvalue weighted by molar-refractivity contribution is 0.128. The molecule has 0 aliphatic carbocycles. The van der Waals surface area contributed by atoms with E-state index in [1.807, 2.05) is 42.6 Å². The Balaban J connectivity index is 2.03. The van der Waals surface area contributed by atoms with E-state index in [1.165, 1.54) is 0 Å². The maximum Gasteiger partial charge on any atom is 0.315 e. The van der Waals surface area contributed by atoms with Crippen LogP contribution < -0.4 is 10.6 Å². The number of carbonyl (C=O) groups excluding carboxylic acids is 1. The summed E-state index contributed by atoms with van der Waals surface area (Å²) in [7, 11) is 0. The van der Waals surface area contributed by atoms with E-state index < -0.39 is 6.10 Å². The molecule has 0 aromatic carbocycles. The molecule has 0 aliphatic heterocycles. The van der Waals surface area contributed by atoms with Gasteiger partial charge in [-0.2, -0.15) is 0 Å². The Morgan fingerprint density at radius 3 is 2.80 bits per heavy atom. The smallest absolute Gasteiger partial charge is 0.315 e. The zero-order valence-electron chi connectivity index (χ0n) is 15.5. The van der Waals surface area contributed by atoms with Crippen molar-refractivity contribution in [2.45, 2.75) is 59.1 Å². The molecule has 0 spiro atoms. The molecular weight excluding hydrogens is 318 g/mol. The number of carbonyl (C=O) groups is 1. The van der Waals surface area contributed by atoms with Gasteiger partial charge in [0, 0.05) is 12.7 Å². The highest BCUT2D eigenvalue weighted by atomic mass is 16.3. The van der Waals surface area contributed by atoms with Crippen LogP contribution in [0.4, 0.5) is 4.79 Å². The molecule has 2 heterocycles. The van der Waals surface area contributed by atoms with E-state index in [2.05, 4.69) is 27.8 Å². The second-order valence-electron chi connectivity index (χ2n) is 7.37. The summed E-state index contributed by atoms with van der Waals surface area (Å²) in [6.45, 7) is 8.37. The van der Waals surface area contributed by atoms with E-state index in [1.54, 1.807) is 6.92 Å². The van der Waals surface area contributed by atoms with E-state index in [0.29, 0.717) is 13.0 Å². The SMILES string of the molecule is CCCC(NC(=O)NCC(C)(C)CC(C)O)c1nnc2ccccn12. The number of hydrogen-bond acceptors (Lipinski definition) is 4. The molecule has 0 fully saturated rings. The van der Waals surface area contributed by atoms with E-state index >= 15 is 0 Å². The van der Waals surface area contributed by atoms with Crippen molar-refractivity contribution in [1.29, 1.82) is 0 Å². The summed E-state index contributed by atoms with van der Waals surface area (Å²) in [6.07, 6.45) is 3.83. The Kier molecular flexibility index (Phi) is 6.36. The summed E-state index contributed by atoms with van der Waals surface area (Å²) >= 11 is 0. The monoisotopic (exact) mass is 347 g/mol. The first kappa shape index (κ1) is 19.2. The molecule has 2 amide bonds. The Morgan fingerprint density at radius 1 is 1.36 bits per heavy atom. The summed E-state index contributed by atoms with van der Waals surface area (Å²) in [5.74, 6) is 0.732. The van der Waals surface area contributed by atoms with Crippen LogP contribution >= 0.6 is 0 Å². The van der Waals surface area contributed by atoms with Crippen molar-refractivity contribution in [1.82, 2.24) is 25.2 Å². The number of rotatable bonds is 8. The summed E-state index contributed by atoms with van der Waals surface area (Å²) in [5, 5.41) is 23.9. The Morgan fingerprint density at radius 2 is 2.12 bits per heavy atom. The Bertz CT molecular complexity index is 696. The number of aliphatic hydroxyl groups excluding tert-OH is 1. The van der Waals surface area contributed by atoms with Gasteiger partial charge in [-0.25, -0.2) is 4.79 Å². The van der Waals surface area contributed by atoms with Gasteiger partial charge in [-0.05, 0) is 37.3 Å². The Labute approximate surface area is 148 Å². The first-order valence-electron chi connectivity index (χ1n) is 8.84. The van der Waals surface area contributed by atoms with Gasteiger partial charge in [-0.3, -0.25) is 4.40 Å². The highest BCUT2D eigenvalue weighted by Gasteiger charge is 2.23. The number of pyridine rings is 1. The normalized spacial score (nSPS) is 14.3. The van der Waals surface area contributed by atoms with Gasteiger partial charge in [0.05, 0.1) is 12.1 Å². The molecule has 0 bridgehead atoms. The van der Waals surface area contributed by atoms with Crippen molar-refractivity contribution in [2.24, 2.45) is 5.41 Å². The molecule has 0 saturated carbocycles. The topological polar surface area (TPSA) is 91.5 Å². The fourth-order valence-corrected chi connectivity index (χ4v) is 3.05. The number of aliphatic hydroxyl groups is 1. The molecular formula is C18H29N5O2. The first-order valence-corrected chi connectivity index (χ1v) is 8.84. The number of hydrogen-bond donors (Lipinski definition) is 3. The van der Waals surface area contributed by atoms with Gasteiger partial charge in [0.2, 0.25) is 0 Å². The van der Waals surface area contributed by atoms with E-state index in [-0.39, 0.29) is 17.5 Å². The molecule has 2 atom stereocenters. The van der Waals surface area contributed by atoms with Gasteiger partial charge >= 0.3 is 6.03 Å². The van der Waals surface area contributed by atoms with Crippen molar-refractivity contribution in [3.8, 4) is 0 Å².